The first-order chi connectivity index (χ1) is 9.51. The third-order valence-electron chi connectivity index (χ3n) is 2.39. The Morgan fingerprint density at radius 3 is 2.70 bits per heavy atom. The Morgan fingerprint density at radius 1 is 1.50 bits per heavy atom. The Balaban J connectivity index is 2.36. The molecule has 0 saturated carbocycles. The maximum Gasteiger partial charge on any atom is 0.276 e. The topological polar surface area (TPSA) is 83.6 Å². The molecule has 0 aliphatic carbocycles. The summed E-state index contributed by atoms with van der Waals surface area (Å²) in [4.78, 5) is 15.2. The highest BCUT2D eigenvalue weighted by atomic mass is 35.5. The maximum atomic E-state index is 12.7. The number of anilines is 1. The van der Waals surface area contributed by atoms with Crippen molar-refractivity contribution < 1.29 is 9.18 Å². The number of alkyl halides is 2. The van der Waals surface area contributed by atoms with Crippen molar-refractivity contribution in [3.63, 3.8) is 0 Å². The van der Waals surface area contributed by atoms with Gasteiger partial charge >= 0.3 is 0 Å². The predicted octanol–water partition coefficient (Wildman–Crippen LogP) is 1.92. The fourth-order valence-corrected chi connectivity index (χ4v) is 1.57. The van der Waals surface area contributed by atoms with Gasteiger partial charge in [-0.25, -0.2) is 4.39 Å². The van der Waals surface area contributed by atoms with E-state index in [-0.39, 0.29) is 5.95 Å². The molecule has 1 aromatic carbocycles. The van der Waals surface area contributed by atoms with Gasteiger partial charge in [-0.3, -0.25) is 10.1 Å². The van der Waals surface area contributed by atoms with Crippen LogP contribution in [0.25, 0.3) is 5.69 Å². The molecule has 2 rings (SSSR count). The van der Waals surface area contributed by atoms with Gasteiger partial charge in [-0.1, -0.05) is 11.6 Å². The van der Waals surface area contributed by atoms with Gasteiger partial charge in [0, 0.05) is 0 Å². The van der Waals surface area contributed by atoms with E-state index >= 15 is 0 Å². The van der Waals surface area contributed by atoms with Crippen LogP contribution in [0.4, 0.5) is 10.3 Å². The normalized spacial score (nSPS) is 11.7. The van der Waals surface area contributed by atoms with Gasteiger partial charge in [0.1, 0.15) is 5.82 Å². The minimum Gasteiger partial charge on any atom is -0.291 e. The van der Waals surface area contributed by atoms with Crippen molar-refractivity contribution in [2.75, 3.05) is 5.32 Å². The van der Waals surface area contributed by atoms with Gasteiger partial charge in [-0.2, -0.15) is 14.9 Å². The third kappa shape index (κ3) is 2.92. The van der Waals surface area contributed by atoms with E-state index in [1.54, 1.807) is 31.2 Å². The van der Waals surface area contributed by atoms with E-state index < -0.39 is 11.5 Å². The number of amides is 1. The lowest BCUT2D eigenvalue weighted by atomic mass is 10.2. The first-order valence-corrected chi connectivity index (χ1v) is 5.98. The van der Waals surface area contributed by atoms with Crippen molar-refractivity contribution in [2.45, 2.75) is 12.6 Å². The first-order valence-electron chi connectivity index (χ1n) is 5.54. The fraction of sp³-hybridized carbons (Fsp3) is 0.167. The van der Waals surface area contributed by atoms with Gasteiger partial charge in [0.05, 0.1) is 17.3 Å². The number of hydrogen-bond donors (Lipinski definition) is 1. The van der Waals surface area contributed by atoms with Crippen LogP contribution in [0.15, 0.2) is 24.3 Å². The summed E-state index contributed by atoms with van der Waals surface area (Å²) in [5, 5.41) is 15.1. The smallest absolute Gasteiger partial charge is 0.276 e. The molecule has 1 unspecified atom stereocenters. The zero-order valence-electron chi connectivity index (χ0n) is 10.3. The van der Waals surface area contributed by atoms with E-state index in [0.29, 0.717) is 17.1 Å². The van der Waals surface area contributed by atoms with Crippen LogP contribution in [-0.4, -0.2) is 26.3 Å². The SMILES string of the molecule is Cc1nc(NC(=O)C(F)Cl)n(-c2ccc(C#N)cc2)n1. The summed E-state index contributed by atoms with van der Waals surface area (Å²) in [5.74, 6) is -0.566. The van der Waals surface area contributed by atoms with E-state index in [9.17, 15) is 9.18 Å². The lowest BCUT2D eigenvalue weighted by Crippen LogP contribution is -2.21. The summed E-state index contributed by atoms with van der Waals surface area (Å²) in [6.07, 6.45) is 0. The lowest BCUT2D eigenvalue weighted by molar-refractivity contribution is -0.118. The van der Waals surface area contributed by atoms with Crippen molar-refractivity contribution in [1.82, 2.24) is 14.8 Å². The Hall–Kier alpha value is -2.46. The molecular formula is C12H9ClFN5O. The molecule has 1 aromatic heterocycles. The Bertz CT molecular complexity index is 674. The van der Waals surface area contributed by atoms with Gasteiger partial charge < -0.3 is 0 Å². The molecule has 0 bridgehead atoms. The molecular weight excluding hydrogens is 285 g/mol. The summed E-state index contributed by atoms with van der Waals surface area (Å²) in [6, 6.07) is 8.45. The Kier molecular flexibility index (Phi) is 3.96. The molecule has 20 heavy (non-hydrogen) atoms. The highest BCUT2D eigenvalue weighted by molar-refractivity contribution is 6.31. The molecule has 0 saturated heterocycles. The summed E-state index contributed by atoms with van der Waals surface area (Å²) in [6.45, 7) is 1.63. The van der Waals surface area contributed by atoms with Crippen LogP contribution < -0.4 is 5.32 Å². The van der Waals surface area contributed by atoms with Crippen molar-refractivity contribution in [3.8, 4) is 11.8 Å². The number of hydrogen-bond acceptors (Lipinski definition) is 4. The van der Waals surface area contributed by atoms with E-state index in [2.05, 4.69) is 15.4 Å². The summed E-state index contributed by atoms with van der Waals surface area (Å²) >= 11 is 5.05. The van der Waals surface area contributed by atoms with Gasteiger partial charge in [0.15, 0.2) is 0 Å². The standard InChI is InChI=1S/C12H9ClFN5O/c1-7-16-12(17-11(20)10(13)14)19(18-7)9-4-2-8(6-15)3-5-9/h2-5,10H,1H3,(H,16,17,18,20). The summed E-state index contributed by atoms with van der Waals surface area (Å²) < 4.78 is 14.0. The lowest BCUT2D eigenvalue weighted by Gasteiger charge is -2.07. The zero-order valence-corrected chi connectivity index (χ0v) is 11.1. The number of carbonyl (C=O) groups excluding carboxylic acids is 1. The van der Waals surface area contributed by atoms with Gasteiger partial charge in [0.25, 0.3) is 11.5 Å². The number of nitrogens with zero attached hydrogens (tertiary/aromatic N) is 4. The van der Waals surface area contributed by atoms with Crippen molar-refractivity contribution >= 4 is 23.5 Å². The number of aryl methyl sites for hydroxylation is 1. The summed E-state index contributed by atoms with van der Waals surface area (Å²) in [5.41, 5.74) is -1.10. The molecule has 102 valence electrons. The molecule has 0 spiro atoms. The second kappa shape index (κ2) is 5.67. The van der Waals surface area contributed by atoms with Gasteiger partial charge in [-0.05, 0) is 31.2 Å². The van der Waals surface area contributed by atoms with Crippen molar-refractivity contribution in [2.24, 2.45) is 0 Å². The average Bonchev–Trinajstić information content (AvgIpc) is 2.79. The minimum atomic E-state index is -2.17. The van der Waals surface area contributed by atoms with Crippen molar-refractivity contribution in [3.05, 3.63) is 35.7 Å². The largest absolute Gasteiger partial charge is 0.291 e. The number of nitrogens with one attached hydrogen (secondary N) is 1. The van der Waals surface area contributed by atoms with Gasteiger partial charge in [0.2, 0.25) is 5.95 Å². The van der Waals surface area contributed by atoms with Crippen LogP contribution >= 0.6 is 11.6 Å². The second-order valence-corrected chi connectivity index (χ2v) is 4.23. The Morgan fingerprint density at radius 2 is 2.15 bits per heavy atom. The molecule has 0 aliphatic rings. The van der Waals surface area contributed by atoms with E-state index in [0.717, 1.165) is 0 Å². The fourth-order valence-electron chi connectivity index (χ4n) is 1.52. The molecule has 1 amide bonds. The highest BCUT2D eigenvalue weighted by Gasteiger charge is 2.18. The first kappa shape index (κ1) is 14.0. The molecule has 1 N–H and O–H groups in total. The maximum absolute atomic E-state index is 12.7. The van der Waals surface area contributed by atoms with Crippen LogP contribution in [0.3, 0.4) is 0 Å². The number of carbonyl (C=O) groups is 1. The molecule has 1 atom stereocenters. The molecule has 6 nitrogen and oxygen atoms in total. The average molecular weight is 294 g/mol. The van der Waals surface area contributed by atoms with Crippen molar-refractivity contribution in [1.29, 1.82) is 5.26 Å². The third-order valence-corrected chi connectivity index (χ3v) is 2.59. The van der Waals surface area contributed by atoms with E-state index in [1.165, 1.54) is 4.68 Å². The molecule has 1 heterocycles. The summed E-state index contributed by atoms with van der Waals surface area (Å²) in [7, 11) is 0. The van der Waals surface area contributed by atoms with Gasteiger partial charge in [-0.15, -0.1) is 5.10 Å². The zero-order chi connectivity index (χ0) is 14.7. The van der Waals surface area contributed by atoms with Crippen LogP contribution in [0.5, 0.6) is 0 Å². The highest BCUT2D eigenvalue weighted by Crippen LogP contribution is 2.15. The molecule has 0 radical (unpaired) electrons. The van der Waals surface area contributed by atoms with Crippen LogP contribution in [0, 0.1) is 18.3 Å². The quantitative estimate of drug-likeness (QED) is 0.876. The minimum absolute atomic E-state index is 0.0560. The second-order valence-electron chi connectivity index (χ2n) is 3.84. The van der Waals surface area contributed by atoms with Crippen LogP contribution in [0.1, 0.15) is 11.4 Å². The number of rotatable bonds is 3. The number of halogens is 2. The number of benzene rings is 1. The molecule has 0 aliphatic heterocycles. The molecule has 2 aromatic rings. The van der Waals surface area contributed by atoms with Crippen LogP contribution in [-0.2, 0) is 4.79 Å². The Labute approximate surface area is 118 Å². The number of aromatic nitrogens is 3. The monoisotopic (exact) mass is 293 g/mol. The number of nitriles is 1. The van der Waals surface area contributed by atoms with Crippen LogP contribution in [0.2, 0.25) is 0 Å². The van der Waals surface area contributed by atoms with E-state index in [4.69, 9.17) is 16.9 Å². The predicted molar refractivity (Wildman–Crippen MR) is 70.2 cm³/mol. The molecule has 0 fully saturated rings. The molecule has 8 heteroatoms. The van der Waals surface area contributed by atoms with E-state index in [1.807, 2.05) is 6.07 Å².